The highest BCUT2D eigenvalue weighted by Crippen LogP contribution is 2.09. The second-order valence-electron chi connectivity index (χ2n) is 2.32. The van der Waals surface area contributed by atoms with E-state index >= 15 is 0 Å². The zero-order valence-electron chi connectivity index (χ0n) is 5.75. The fraction of sp³-hybridized carbons (Fsp3) is 0.125. The summed E-state index contributed by atoms with van der Waals surface area (Å²) in [6.07, 6.45) is 0. The van der Waals surface area contributed by atoms with Crippen molar-refractivity contribution in [2.45, 2.75) is 0 Å². The Bertz CT molecular complexity index is 291. The summed E-state index contributed by atoms with van der Waals surface area (Å²) in [4.78, 5) is 4.61. The standard InChI is InChI=1S/C8H6FNO/c9-7-3-1-6(2-4-7)8-5-11-10-8/h1-4H,5H2. The fourth-order valence-corrected chi connectivity index (χ4v) is 0.907. The third-order valence-electron chi connectivity index (χ3n) is 1.55. The molecular weight excluding hydrogens is 145 g/mol. The molecule has 1 aromatic carbocycles. The molecule has 1 aliphatic rings. The van der Waals surface area contributed by atoms with Crippen molar-refractivity contribution >= 4 is 5.71 Å². The summed E-state index contributed by atoms with van der Waals surface area (Å²) in [5.74, 6) is -0.227. The van der Waals surface area contributed by atoms with Crippen LogP contribution in [-0.2, 0) is 4.84 Å². The average Bonchev–Trinajstić information content (AvgIpc) is 1.90. The number of hydrogen-bond acceptors (Lipinski definition) is 2. The summed E-state index contributed by atoms with van der Waals surface area (Å²) in [5, 5.41) is 3.66. The lowest BCUT2D eigenvalue weighted by Crippen LogP contribution is -2.17. The Kier molecular flexibility index (Phi) is 1.35. The molecule has 56 valence electrons. The summed E-state index contributed by atoms with van der Waals surface area (Å²) in [7, 11) is 0. The van der Waals surface area contributed by atoms with Crippen LogP contribution in [0.4, 0.5) is 4.39 Å². The van der Waals surface area contributed by atoms with Crippen LogP contribution in [0.2, 0.25) is 0 Å². The van der Waals surface area contributed by atoms with E-state index < -0.39 is 0 Å². The van der Waals surface area contributed by atoms with Gasteiger partial charge in [0.1, 0.15) is 11.5 Å². The topological polar surface area (TPSA) is 21.6 Å². The molecule has 0 fully saturated rings. The normalized spacial score (nSPS) is 14.8. The van der Waals surface area contributed by atoms with Crippen molar-refractivity contribution in [2.75, 3.05) is 6.61 Å². The fourth-order valence-electron chi connectivity index (χ4n) is 0.907. The van der Waals surface area contributed by atoms with E-state index in [0.29, 0.717) is 6.61 Å². The number of oxime groups is 1. The molecule has 0 amide bonds. The summed E-state index contributed by atoms with van der Waals surface area (Å²) < 4.78 is 12.4. The van der Waals surface area contributed by atoms with Crippen molar-refractivity contribution in [2.24, 2.45) is 5.16 Å². The number of benzene rings is 1. The van der Waals surface area contributed by atoms with E-state index in [1.54, 1.807) is 12.1 Å². The molecule has 0 aromatic heterocycles. The van der Waals surface area contributed by atoms with E-state index in [1.165, 1.54) is 12.1 Å². The van der Waals surface area contributed by atoms with E-state index in [2.05, 4.69) is 9.99 Å². The Morgan fingerprint density at radius 3 is 2.36 bits per heavy atom. The van der Waals surface area contributed by atoms with E-state index in [4.69, 9.17) is 0 Å². The minimum absolute atomic E-state index is 0.227. The van der Waals surface area contributed by atoms with Gasteiger partial charge >= 0.3 is 0 Å². The summed E-state index contributed by atoms with van der Waals surface area (Å²) in [6.45, 7) is 0.533. The van der Waals surface area contributed by atoms with Crippen LogP contribution in [0.3, 0.4) is 0 Å². The highest BCUT2D eigenvalue weighted by atomic mass is 19.1. The summed E-state index contributed by atoms with van der Waals surface area (Å²) in [6, 6.07) is 6.21. The molecule has 0 radical (unpaired) electrons. The molecule has 0 spiro atoms. The smallest absolute Gasteiger partial charge is 0.163 e. The molecule has 1 aromatic rings. The maximum absolute atomic E-state index is 12.4. The highest BCUT2D eigenvalue weighted by Gasteiger charge is 2.11. The molecule has 0 aliphatic carbocycles. The van der Waals surface area contributed by atoms with Crippen LogP contribution in [0.15, 0.2) is 29.4 Å². The van der Waals surface area contributed by atoms with Gasteiger partial charge in [-0.05, 0) is 24.3 Å². The lowest BCUT2D eigenvalue weighted by molar-refractivity contribution is 0.143. The van der Waals surface area contributed by atoms with Crippen LogP contribution >= 0.6 is 0 Å². The van der Waals surface area contributed by atoms with E-state index in [9.17, 15) is 4.39 Å². The average molecular weight is 151 g/mol. The molecule has 0 bridgehead atoms. The van der Waals surface area contributed by atoms with Gasteiger partial charge in [-0.1, -0.05) is 5.16 Å². The first-order valence-corrected chi connectivity index (χ1v) is 3.31. The molecule has 3 heteroatoms. The van der Waals surface area contributed by atoms with Crippen molar-refractivity contribution in [3.8, 4) is 0 Å². The number of hydrogen-bond donors (Lipinski definition) is 0. The Morgan fingerprint density at radius 1 is 1.27 bits per heavy atom. The van der Waals surface area contributed by atoms with Crippen molar-refractivity contribution in [3.63, 3.8) is 0 Å². The Balaban J connectivity index is 2.32. The number of rotatable bonds is 1. The lowest BCUT2D eigenvalue weighted by Gasteiger charge is -2.12. The maximum Gasteiger partial charge on any atom is 0.163 e. The van der Waals surface area contributed by atoms with Gasteiger partial charge in [-0.25, -0.2) is 4.39 Å². The van der Waals surface area contributed by atoms with E-state index in [-0.39, 0.29) is 5.82 Å². The van der Waals surface area contributed by atoms with Gasteiger partial charge < -0.3 is 4.84 Å². The monoisotopic (exact) mass is 151 g/mol. The van der Waals surface area contributed by atoms with Gasteiger partial charge in [-0.2, -0.15) is 0 Å². The SMILES string of the molecule is Fc1ccc(C2=NOC2)cc1. The van der Waals surface area contributed by atoms with Crippen LogP contribution in [0, 0.1) is 5.82 Å². The minimum Gasteiger partial charge on any atom is -0.389 e. The molecular formula is C8H6FNO. The number of halogens is 1. The Labute approximate surface area is 63.3 Å². The molecule has 0 atom stereocenters. The van der Waals surface area contributed by atoms with Crippen molar-refractivity contribution in [3.05, 3.63) is 35.6 Å². The molecule has 2 nitrogen and oxygen atoms in total. The first kappa shape index (κ1) is 6.34. The number of nitrogens with zero attached hydrogens (tertiary/aromatic N) is 1. The van der Waals surface area contributed by atoms with Crippen LogP contribution in [0.25, 0.3) is 0 Å². The van der Waals surface area contributed by atoms with E-state index in [0.717, 1.165) is 11.3 Å². The van der Waals surface area contributed by atoms with Crippen molar-refractivity contribution in [1.82, 2.24) is 0 Å². The van der Waals surface area contributed by atoms with Crippen molar-refractivity contribution < 1.29 is 9.23 Å². The predicted octanol–water partition coefficient (Wildman–Crippen LogP) is 1.56. The molecule has 0 saturated heterocycles. The van der Waals surface area contributed by atoms with Gasteiger partial charge in [0.15, 0.2) is 6.61 Å². The van der Waals surface area contributed by atoms with Gasteiger partial charge in [0.05, 0.1) is 0 Å². The van der Waals surface area contributed by atoms with Gasteiger partial charge in [-0.15, -0.1) is 0 Å². The van der Waals surface area contributed by atoms with Gasteiger partial charge in [0.2, 0.25) is 0 Å². The lowest BCUT2D eigenvalue weighted by atomic mass is 10.1. The summed E-state index contributed by atoms with van der Waals surface area (Å²) >= 11 is 0. The molecule has 11 heavy (non-hydrogen) atoms. The highest BCUT2D eigenvalue weighted by molar-refractivity contribution is 6.03. The minimum atomic E-state index is -0.227. The second kappa shape index (κ2) is 2.34. The maximum atomic E-state index is 12.4. The Hall–Kier alpha value is -1.38. The second-order valence-corrected chi connectivity index (χ2v) is 2.32. The zero-order valence-corrected chi connectivity index (χ0v) is 5.75. The quantitative estimate of drug-likeness (QED) is 0.596. The molecule has 1 aliphatic heterocycles. The Morgan fingerprint density at radius 2 is 1.91 bits per heavy atom. The molecule has 0 saturated carbocycles. The van der Waals surface area contributed by atoms with Crippen LogP contribution in [-0.4, -0.2) is 12.3 Å². The third-order valence-corrected chi connectivity index (χ3v) is 1.55. The van der Waals surface area contributed by atoms with Crippen LogP contribution < -0.4 is 0 Å². The first-order valence-electron chi connectivity index (χ1n) is 3.31. The molecule has 1 heterocycles. The van der Waals surface area contributed by atoms with E-state index in [1.807, 2.05) is 0 Å². The van der Waals surface area contributed by atoms with Crippen LogP contribution in [0.1, 0.15) is 5.56 Å². The van der Waals surface area contributed by atoms with Gasteiger partial charge in [-0.3, -0.25) is 0 Å². The van der Waals surface area contributed by atoms with Gasteiger partial charge in [0, 0.05) is 5.56 Å². The van der Waals surface area contributed by atoms with Gasteiger partial charge in [0.25, 0.3) is 0 Å². The van der Waals surface area contributed by atoms with Crippen molar-refractivity contribution in [1.29, 1.82) is 0 Å². The third kappa shape index (κ3) is 1.09. The predicted molar refractivity (Wildman–Crippen MR) is 38.9 cm³/mol. The molecule has 0 unspecified atom stereocenters. The largest absolute Gasteiger partial charge is 0.389 e. The van der Waals surface area contributed by atoms with Crippen LogP contribution in [0.5, 0.6) is 0 Å². The molecule has 2 rings (SSSR count). The molecule has 0 N–H and O–H groups in total. The summed E-state index contributed by atoms with van der Waals surface area (Å²) in [5.41, 5.74) is 1.81. The first-order chi connectivity index (χ1) is 5.36. The zero-order chi connectivity index (χ0) is 7.68.